The lowest BCUT2D eigenvalue weighted by molar-refractivity contribution is -0.114. The highest BCUT2D eigenvalue weighted by Gasteiger charge is 2.20. The molecule has 0 aliphatic rings. The van der Waals surface area contributed by atoms with Crippen molar-refractivity contribution in [2.45, 2.75) is 32.4 Å². The zero-order valence-corrected chi connectivity index (χ0v) is 18.2. The number of allylic oxidation sites excluding steroid dienone is 1. The summed E-state index contributed by atoms with van der Waals surface area (Å²) >= 11 is 6.25. The van der Waals surface area contributed by atoms with Gasteiger partial charge in [-0.1, -0.05) is 42.4 Å². The molecule has 3 rings (SSSR count). The Bertz CT molecular complexity index is 1080. The maximum absolute atomic E-state index is 11.6. The Morgan fingerprint density at radius 2 is 2.10 bits per heavy atom. The van der Waals surface area contributed by atoms with E-state index in [1.807, 2.05) is 38.1 Å². The molecule has 0 aliphatic carbocycles. The van der Waals surface area contributed by atoms with Gasteiger partial charge in [0.25, 0.3) is 0 Å². The molecular formula is C22H25ClN6O2. The monoisotopic (exact) mass is 440 g/mol. The van der Waals surface area contributed by atoms with Gasteiger partial charge in [-0.25, -0.2) is 4.98 Å². The molecule has 0 saturated carbocycles. The molecule has 0 radical (unpaired) electrons. The number of benzene rings is 1. The number of nitrogens with one attached hydrogen (secondary N) is 2. The van der Waals surface area contributed by atoms with Crippen molar-refractivity contribution in [2.75, 3.05) is 17.2 Å². The number of carbonyl (C=O) groups excluding carboxylic acids is 1. The normalized spacial score (nSPS) is 11.2. The lowest BCUT2D eigenvalue weighted by atomic mass is 10.1. The molecule has 3 aromatic rings. The minimum atomic E-state index is -0.516. The van der Waals surface area contributed by atoms with Crippen LogP contribution in [0.15, 0.2) is 55.5 Å². The van der Waals surface area contributed by atoms with Crippen LogP contribution in [-0.2, 0) is 23.3 Å². The van der Waals surface area contributed by atoms with E-state index in [1.54, 1.807) is 17.1 Å². The highest BCUT2D eigenvalue weighted by molar-refractivity contribution is 6.32. The van der Waals surface area contributed by atoms with E-state index in [9.17, 15) is 9.90 Å². The molecule has 0 amide bonds. The van der Waals surface area contributed by atoms with Crippen LogP contribution in [0.1, 0.15) is 25.0 Å². The van der Waals surface area contributed by atoms with Gasteiger partial charge in [0.1, 0.15) is 5.02 Å². The average molecular weight is 441 g/mol. The van der Waals surface area contributed by atoms with Crippen molar-refractivity contribution < 1.29 is 9.90 Å². The van der Waals surface area contributed by atoms with Crippen molar-refractivity contribution in [3.8, 4) is 0 Å². The molecule has 2 heterocycles. The van der Waals surface area contributed by atoms with Crippen LogP contribution in [-0.4, -0.2) is 37.2 Å². The third-order valence-corrected chi connectivity index (χ3v) is 4.92. The van der Waals surface area contributed by atoms with Crippen molar-refractivity contribution in [1.82, 2.24) is 19.7 Å². The first kappa shape index (κ1) is 22.5. The Kier molecular flexibility index (Phi) is 7.04. The molecule has 0 unspecified atom stereocenters. The summed E-state index contributed by atoms with van der Waals surface area (Å²) in [5, 5.41) is 20.4. The maximum atomic E-state index is 11.6. The number of aliphatic hydroxyl groups excluding tert-OH is 1. The number of rotatable bonds is 10. The van der Waals surface area contributed by atoms with E-state index < -0.39 is 5.54 Å². The molecule has 2 aromatic heterocycles. The zero-order chi connectivity index (χ0) is 22.4. The third-order valence-electron chi connectivity index (χ3n) is 4.65. The van der Waals surface area contributed by atoms with E-state index >= 15 is 0 Å². The molecule has 31 heavy (non-hydrogen) atoms. The third kappa shape index (κ3) is 5.90. The largest absolute Gasteiger partial charge is 0.394 e. The number of aliphatic hydroxyl groups is 1. The number of aromatic nitrogens is 4. The number of anilines is 3. The number of ketones is 1. The summed E-state index contributed by atoms with van der Waals surface area (Å²) in [6, 6.07) is 7.73. The van der Waals surface area contributed by atoms with E-state index in [-0.39, 0.29) is 12.4 Å². The van der Waals surface area contributed by atoms with E-state index in [0.29, 0.717) is 35.4 Å². The Morgan fingerprint density at radius 1 is 1.32 bits per heavy atom. The zero-order valence-electron chi connectivity index (χ0n) is 17.5. The van der Waals surface area contributed by atoms with Crippen LogP contribution in [0.2, 0.25) is 5.02 Å². The molecule has 0 saturated heterocycles. The molecule has 0 bridgehead atoms. The van der Waals surface area contributed by atoms with Gasteiger partial charge >= 0.3 is 0 Å². The first-order valence-corrected chi connectivity index (χ1v) is 10.1. The van der Waals surface area contributed by atoms with Crippen LogP contribution in [0.4, 0.5) is 17.5 Å². The standard InChI is InChI=1S/C22H25ClN6O2/c1-4-18(31)9-15-6-5-7-16(8-15)10-24-20-19(23)12-25-21(28-20)27-17-11-26-29(13-17)22(2,3)14-30/h4-8,11-13,30H,1,9-10,14H2,2-3H3,(H2,24,25,27,28). The van der Waals surface area contributed by atoms with Crippen LogP contribution in [0.5, 0.6) is 0 Å². The summed E-state index contributed by atoms with van der Waals surface area (Å²) in [6.07, 6.45) is 6.57. The van der Waals surface area contributed by atoms with Crippen molar-refractivity contribution in [1.29, 1.82) is 0 Å². The molecular weight excluding hydrogens is 416 g/mol. The van der Waals surface area contributed by atoms with Crippen molar-refractivity contribution in [3.63, 3.8) is 0 Å². The fourth-order valence-corrected chi connectivity index (χ4v) is 2.94. The van der Waals surface area contributed by atoms with E-state index in [4.69, 9.17) is 11.6 Å². The lowest BCUT2D eigenvalue weighted by Gasteiger charge is -2.21. The van der Waals surface area contributed by atoms with Gasteiger partial charge in [-0.05, 0) is 31.1 Å². The number of hydrogen-bond acceptors (Lipinski definition) is 7. The Morgan fingerprint density at radius 3 is 2.84 bits per heavy atom. The summed E-state index contributed by atoms with van der Waals surface area (Å²) in [5.41, 5.74) is 2.09. The maximum Gasteiger partial charge on any atom is 0.229 e. The highest BCUT2D eigenvalue weighted by atomic mass is 35.5. The highest BCUT2D eigenvalue weighted by Crippen LogP contribution is 2.23. The second-order valence-corrected chi connectivity index (χ2v) is 8.09. The molecule has 8 nitrogen and oxygen atoms in total. The minimum Gasteiger partial charge on any atom is -0.394 e. The summed E-state index contributed by atoms with van der Waals surface area (Å²) in [4.78, 5) is 20.2. The summed E-state index contributed by atoms with van der Waals surface area (Å²) in [7, 11) is 0. The Hall–Kier alpha value is -3.23. The summed E-state index contributed by atoms with van der Waals surface area (Å²) < 4.78 is 1.68. The quantitative estimate of drug-likeness (QED) is 0.413. The number of carbonyl (C=O) groups is 1. The van der Waals surface area contributed by atoms with Gasteiger partial charge in [0, 0.05) is 19.2 Å². The SMILES string of the molecule is C=CC(=O)Cc1cccc(CNc2nc(Nc3cnn(C(C)(C)CO)c3)ncc2Cl)c1. The van der Waals surface area contributed by atoms with Gasteiger partial charge in [-0.3, -0.25) is 9.48 Å². The van der Waals surface area contributed by atoms with Crippen LogP contribution < -0.4 is 10.6 Å². The van der Waals surface area contributed by atoms with Crippen LogP contribution in [0, 0.1) is 0 Å². The van der Waals surface area contributed by atoms with Crippen molar-refractivity contribution in [2.24, 2.45) is 0 Å². The first-order valence-electron chi connectivity index (χ1n) is 9.73. The second-order valence-electron chi connectivity index (χ2n) is 7.68. The number of nitrogens with zero attached hydrogens (tertiary/aromatic N) is 4. The summed E-state index contributed by atoms with van der Waals surface area (Å²) in [6.45, 7) is 7.71. The van der Waals surface area contributed by atoms with Gasteiger partial charge in [-0.2, -0.15) is 10.1 Å². The smallest absolute Gasteiger partial charge is 0.229 e. The van der Waals surface area contributed by atoms with Crippen LogP contribution in [0.25, 0.3) is 0 Å². The molecule has 3 N–H and O–H groups in total. The first-order chi connectivity index (χ1) is 14.8. The van der Waals surface area contributed by atoms with Crippen molar-refractivity contribution >= 4 is 34.8 Å². The Labute approximate surface area is 186 Å². The molecule has 162 valence electrons. The average Bonchev–Trinajstić information content (AvgIpc) is 3.23. The van der Waals surface area contributed by atoms with Gasteiger partial charge in [0.2, 0.25) is 5.95 Å². The van der Waals surface area contributed by atoms with Gasteiger partial charge in [-0.15, -0.1) is 0 Å². The number of hydrogen-bond donors (Lipinski definition) is 3. The van der Waals surface area contributed by atoms with Crippen LogP contribution in [0.3, 0.4) is 0 Å². The molecule has 1 aromatic carbocycles. The van der Waals surface area contributed by atoms with Gasteiger partial charge in [0.15, 0.2) is 11.6 Å². The van der Waals surface area contributed by atoms with E-state index in [0.717, 1.165) is 11.1 Å². The fraction of sp³-hybridized carbons (Fsp3) is 0.273. The molecule has 0 spiro atoms. The van der Waals surface area contributed by atoms with E-state index in [2.05, 4.69) is 32.3 Å². The van der Waals surface area contributed by atoms with Crippen LogP contribution >= 0.6 is 11.6 Å². The van der Waals surface area contributed by atoms with Crippen molar-refractivity contribution in [3.05, 3.63) is 71.7 Å². The second kappa shape index (κ2) is 9.72. The molecule has 0 atom stereocenters. The molecule has 0 fully saturated rings. The van der Waals surface area contributed by atoms with E-state index in [1.165, 1.54) is 12.3 Å². The minimum absolute atomic E-state index is 0.0228. The summed E-state index contributed by atoms with van der Waals surface area (Å²) in [5.74, 6) is 0.818. The van der Waals surface area contributed by atoms with Gasteiger partial charge in [0.05, 0.1) is 30.2 Å². The predicted molar refractivity (Wildman–Crippen MR) is 122 cm³/mol. The topological polar surface area (TPSA) is 105 Å². The molecule has 9 heteroatoms. The lowest BCUT2D eigenvalue weighted by Crippen LogP contribution is -2.30. The Balaban J connectivity index is 1.69. The number of halogens is 1. The molecule has 0 aliphatic heterocycles. The fourth-order valence-electron chi connectivity index (χ4n) is 2.78. The predicted octanol–water partition coefficient (Wildman–Crippen LogP) is 3.71. The van der Waals surface area contributed by atoms with Gasteiger partial charge < -0.3 is 15.7 Å².